The highest BCUT2D eigenvalue weighted by atomic mass is 79.9. The number of hydrogen-bond acceptors (Lipinski definition) is 5. The maximum atomic E-state index is 12.7. The number of methoxy groups -OCH3 is 1. The highest BCUT2D eigenvalue weighted by Crippen LogP contribution is 2.29. The van der Waals surface area contributed by atoms with Gasteiger partial charge in [-0.15, -0.1) is 0 Å². The van der Waals surface area contributed by atoms with Crippen LogP contribution in [0.4, 0.5) is 0 Å². The van der Waals surface area contributed by atoms with Crippen molar-refractivity contribution in [3.8, 4) is 17.2 Å². The summed E-state index contributed by atoms with van der Waals surface area (Å²) in [6, 6.07) is 23.0. The molecule has 4 rings (SSSR count). The van der Waals surface area contributed by atoms with Gasteiger partial charge in [-0.25, -0.2) is 10.2 Å². The number of benzene rings is 3. The molecule has 1 aromatic heterocycles. The number of ether oxygens (including phenoxy) is 2. The molecule has 4 aromatic rings. The second-order valence-electron chi connectivity index (χ2n) is 7.09. The van der Waals surface area contributed by atoms with Gasteiger partial charge in [-0.05, 0) is 76.1 Å². The monoisotopic (exact) mass is 517 g/mol. The van der Waals surface area contributed by atoms with E-state index in [1.54, 1.807) is 48.5 Å². The Balaban J connectivity index is 1.46. The van der Waals surface area contributed by atoms with Crippen molar-refractivity contribution < 1.29 is 19.1 Å². The lowest BCUT2D eigenvalue weighted by molar-refractivity contribution is 0.0728. The molecule has 170 valence electrons. The maximum Gasteiger partial charge on any atom is 0.344 e. The molecule has 0 fully saturated rings. The molecule has 0 radical (unpaired) electrons. The second kappa shape index (κ2) is 10.6. The van der Waals surface area contributed by atoms with Crippen molar-refractivity contribution >= 4 is 34.0 Å². The van der Waals surface area contributed by atoms with Crippen molar-refractivity contribution in [1.29, 1.82) is 0 Å². The summed E-state index contributed by atoms with van der Waals surface area (Å²) in [5.74, 6) is -0.231. The minimum absolute atomic E-state index is 0.269. The lowest BCUT2D eigenvalue weighted by Crippen LogP contribution is -2.19. The number of hydrogen-bond donors (Lipinski definition) is 1. The molecule has 7 nitrogen and oxygen atoms in total. The summed E-state index contributed by atoms with van der Waals surface area (Å²) in [5, 5.41) is 4.06. The van der Waals surface area contributed by atoms with Gasteiger partial charge in [0.05, 0.1) is 30.1 Å². The molecule has 8 heteroatoms. The average Bonchev–Trinajstić information content (AvgIpc) is 3.40. The molecule has 34 heavy (non-hydrogen) atoms. The van der Waals surface area contributed by atoms with Crippen LogP contribution < -0.4 is 14.9 Å². The van der Waals surface area contributed by atoms with E-state index in [9.17, 15) is 9.59 Å². The number of nitrogens with one attached hydrogen (secondary N) is 1. The SMILES string of the molecule is COc1cc(C=NNC(=O)c2ccccc2-n2cccc2)ccc1OC(=O)c1ccccc1Br. The number of nitrogens with zero attached hydrogens (tertiary/aromatic N) is 2. The lowest BCUT2D eigenvalue weighted by atomic mass is 10.1. The van der Waals surface area contributed by atoms with Gasteiger partial charge in [0, 0.05) is 16.9 Å². The Bertz CT molecular complexity index is 1350. The number of amides is 1. The zero-order valence-electron chi connectivity index (χ0n) is 18.1. The fraction of sp³-hybridized carbons (Fsp3) is 0.0385. The summed E-state index contributed by atoms with van der Waals surface area (Å²) in [4.78, 5) is 25.2. The Morgan fingerprint density at radius 2 is 1.62 bits per heavy atom. The van der Waals surface area contributed by atoms with Gasteiger partial charge in [0.1, 0.15) is 0 Å². The first-order chi connectivity index (χ1) is 16.6. The van der Waals surface area contributed by atoms with E-state index in [0.717, 1.165) is 5.69 Å². The molecule has 0 aliphatic rings. The van der Waals surface area contributed by atoms with Gasteiger partial charge in [-0.2, -0.15) is 5.10 Å². The Hall–Kier alpha value is -4.17. The van der Waals surface area contributed by atoms with Crippen molar-refractivity contribution in [2.75, 3.05) is 7.11 Å². The Morgan fingerprint density at radius 3 is 2.35 bits per heavy atom. The van der Waals surface area contributed by atoms with Gasteiger partial charge < -0.3 is 14.0 Å². The van der Waals surface area contributed by atoms with Crippen LogP contribution >= 0.6 is 15.9 Å². The molecule has 0 saturated heterocycles. The van der Waals surface area contributed by atoms with Crippen LogP contribution in [0.25, 0.3) is 5.69 Å². The van der Waals surface area contributed by atoms with Crippen molar-refractivity contribution in [3.63, 3.8) is 0 Å². The Morgan fingerprint density at radius 1 is 0.912 bits per heavy atom. The third-order valence-corrected chi connectivity index (χ3v) is 5.59. The number of hydrazone groups is 1. The number of carbonyl (C=O) groups excluding carboxylic acids is 2. The fourth-order valence-corrected chi connectivity index (χ4v) is 3.69. The van der Waals surface area contributed by atoms with Crippen LogP contribution in [-0.4, -0.2) is 29.8 Å². The topological polar surface area (TPSA) is 81.9 Å². The van der Waals surface area contributed by atoms with E-state index < -0.39 is 5.97 Å². The molecule has 0 atom stereocenters. The highest BCUT2D eigenvalue weighted by Gasteiger charge is 2.15. The zero-order valence-corrected chi connectivity index (χ0v) is 19.7. The van der Waals surface area contributed by atoms with Gasteiger partial charge in [-0.1, -0.05) is 24.3 Å². The summed E-state index contributed by atoms with van der Waals surface area (Å²) in [6.45, 7) is 0. The van der Waals surface area contributed by atoms with Crippen molar-refractivity contribution in [1.82, 2.24) is 9.99 Å². The average molecular weight is 518 g/mol. The highest BCUT2D eigenvalue weighted by molar-refractivity contribution is 9.10. The first-order valence-electron chi connectivity index (χ1n) is 10.3. The summed E-state index contributed by atoms with van der Waals surface area (Å²) in [5.41, 5.74) is 4.84. The van der Waals surface area contributed by atoms with Crippen molar-refractivity contribution in [3.05, 3.63) is 112 Å². The summed E-state index contributed by atoms with van der Waals surface area (Å²) >= 11 is 3.34. The third-order valence-electron chi connectivity index (χ3n) is 4.90. The van der Waals surface area contributed by atoms with Crippen molar-refractivity contribution in [2.45, 2.75) is 0 Å². The van der Waals surface area contributed by atoms with Crippen LogP contribution in [0.2, 0.25) is 0 Å². The molecule has 0 saturated carbocycles. The quantitative estimate of drug-likeness (QED) is 0.157. The van der Waals surface area contributed by atoms with Crippen LogP contribution in [0.1, 0.15) is 26.3 Å². The molecule has 3 aromatic carbocycles. The number of carbonyl (C=O) groups is 2. The largest absolute Gasteiger partial charge is 0.493 e. The van der Waals surface area contributed by atoms with Gasteiger partial charge in [0.2, 0.25) is 0 Å². The van der Waals surface area contributed by atoms with E-state index in [2.05, 4.69) is 26.5 Å². The van der Waals surface area contributed by atoms with Crippen LogP contribution in [-0.2, 0) is 0 Å². The second-order valence-corrected chi connectivity index (χ2v) is 7.94. The first-order valence-corrected chi connectivity index (χ1v) is 11.1. The standard InChI is InChI=1S/C26H20BrN3O4/c1-33-24-16-18(12-13-23(24)34-26(32)19-8-2-4-10-21(19)27)17-28-29-25(31)20-9-3-5-11-22(20)30-14-6-7-15-30/h2-17H,1H3,(H,29,31). The van der Waals surface area contributed by atoms with Gasteiger partial charge in [0.25, 0.3) is 5.91 Å². The summed E-state index contributed by atoms with van der Waals surface area (Å²) in [7, 11) is 1.48. The predicted octanol–water partition coefficient (Wildman–Crippen LogP) is 5.23. The van der Waals surface area contributed by atoms with Gasteiger partial charge in [-0.3, -0.25) is 4.79 Å². The van der Waals surface area contributed by atoms with Crippen LogP contribution in [0, 0.1) is 0 Å². The van der Waals surface area contributed by atoms with E-state index in [4.69, 9.17) is 9.47 Å². The molecule has 1 heterocycles. The number of esters is 1. The smallest absolute Gasteiger partial charge is 0.344 e. The normalized spacial score (nSPS) is 10.8. The van der Waals surface area contributed by atoms with E-state index in [0.29, 0.717) is 26.9 Å². The predicted molar refractivity (Wildman–Crippen MR) is 133 cm³/mol. The molecule has 0 aliphatic carbocycles. The summed E-state index contributed by atoms with van der Waals surface area (Å²) < 4.78 is 13.4. The molecule has 1 N–H and O–H groups in total. The van der Waals surface area contributed by atoms with E-state index >= 15 is 0 Å². The molecule has 0 spiro atoms. The van der Waals surface area contributed by atoms with Gasteiger partial charge in [0.15, 0.2) is 11.5 Å². The lowest BCUT2D eigenvalue weighted by Gasteiger charge is -2.11. The maximum absolute atomic E-state index is 12.7. The zero-order chi connectivity index (χ0) is 23.9. The molecule has 0 bridgehead atoms. The van der Waals surface area contributed by atoms with E-state index in [-0.39, 0.29) is 11.7 Å². The Kier molecular flexibility index (Phi) is 7.19. The molecule has 0 aliphatic heterocycles. The molecular formula is C26H20BrN3O4. The fourth-order valence-electron chi connectivity index (χ4n) is 3.24. The van der Waals surface area contributed by atoms with E-state index in [1.165, 1.54) is 13.3 Å². The van der Waals surface area contributed by atoms with Gasteiger partial charge >= 0.3 is 5.97 Å². The summed E-state index contributed by atoms with van der Waals surface area (Å²) in [6.07, 6.45) is 5.22. The molecule has 0 unspecified atom stereocenters. The first kappa shape index (κ1) is 23.0. The number of aromatic nitrogens is 1. The van der Waals surface area contributed by atoms with Crippen molar-refractivity contribution in [2.24, 2.45) is 5.10 Å². The number of para-hydroxylation sites is 1. The van der Waals surface area contributed by atoms with Crippen LogP contribution in [0.15, 0.2) is 101 Å². The number of rotatable bonds is 7. The minimum Gasteiger partial charge on any atom is -0.493 e. The molecular weight excluding hydrogens is 498 g/mol. The number of halogens is 1. The van der Waals surface area contributed by atoms with E-state index in [1.807, 2.05) is 47.3 Å². The van der Waals surface area contributed by atoms with Crippen LogP contribution in [0.5, 0.6) is 11.5 Å². The molecule has 1 amide bonds. The Labute approximate surface area is 204 Å². The van der Waals surface area contributed by atoms with Crippen LogP contribution in [0.3, 0.4) is 0 Å². The minimum atomic E-state index is -0.513. The third kappa shape index (κ3) is 5.24.